The van der Waals surface area contributed by atoms with Crippen LogP contribution < -0.4 is 10.6 Å². The van der Waals surface area contributed by atoms with Crippen LogP contribution in [0, 0.1) is 0 Å². The smallest absolute Gasteiger partial charge is 0.239 e. The normalized spacial score (nSPS) is 13.6. The van der Waals surface area contributed by atoms with Crippen LogP contribution in [0.25, 0.3) is 0 Å². The van der Waals surface area contributed by atoms with Gasteiger partial charge < -0.3 is 10.6 Å². The molecular weight excluding hydrogens is 216 g/mol. The van der Waals surface area contributed by atoms with Gasteiger partial charge in [-0.25, -0.2) is 9.97 Å². The van der Waals surface area contributed by atoms with Gasteiger partial charge in [0.1, 0.15) is 12.1 Å². The molecule has 1 amide bonds. The molecule has 5 nitrogen and oxygen atoms in total. The van der Waals surface area contributed by atoms with Crippen LogP contribution in [0.3, 0.4) is 0 Å². The lowest BCUT2D eigenvalue weighted by Gasteiger charge is -2.11. The second-order valence-electron chi connectivity index (χ2n) is 4.58. The number of nitrogens with zero attached hydrogens (tertiary/aromatic N) is 2. The lowest BCUT2D eigenvalue weighted by atomic mass is 10.2. The summed E-state index contributed by atoms with van der Waals surface area (Å²) in [5.41, 5.74) is 2.29. The van der Waals surface area contributed by atoms with E-state index in [0.29, 0.717) is 0 Å². The first-order chi connectivity index (χ1) is 8.16. The third-order valence-corrected chi connectivity index (χ3v) is 2.74. The van der Waals surface area contributed by atoms with Crippen LogP contribution in [-0.2, 0) is 17.6 Å². The van der Waals surface area contributed by atoms with Gasteiger partial charge in [0.25, 0.3) is 0 Å². The molecule has 0 fully saturated rings. The Morgan fingerprint density at radius 3 is 3.00 bits per heavy atom. The number of hydrogen-bond donors (Lipinski definition) is 2. The van der Waals surface area contributed by atoms with Crippen molar-refractivity contribution < 1.29 is 4.79 Å². The quantitative estimate of drug-likeness (QED) is 0.812. The molecule has 2 rings (SSSR count). The minimum Gasteiger partial charge on any atom is -0.361 e. The predicted octanol–water partition coefficient (Wildman–Crippen LogP) is 0.902. The number of hydrogen-bond acceptors (Lipinski definition) is 4. The minimum atomic E-state index is -0.00893. The van der Waals surface area contributed by atoms with Crippen LogP contribution in [0.4, 0.5) is 5.82 Å². The highest BCUT2D eigenvalue weighted by Crippen LogP contribution is 2.24. The Kier molecular flexibility index (Phi) is 3.56. The van der Waals surface area contributed by atoms with Crippen molar-refractivity contribution in [3.63, 3.8) is 0 Å². The van der Waals surface area contributed by atoms with E-state index in [1.165, 1.54) is 5.56 Å². The molecule has 92 valence electrons. The van der Waals surface area contributed by atoms with Crippen molar-refractivity contribution in [1.82, 2.24) is 15.3 Å². The summed E-state index contributed by atoms with van der Waals surface area (Å²) in [5.74, 6) is 0.803. The molecule has 0 aliphatic heterocycles. The maximum Gasteiger partial charge on any atom is 0.239 e. The summed E-state index contributed by atoms with van der Waals surface area (Å²) in [6.07, 6.45) is 4.71. The SMILES string of the molecule is CC(C)NC(=O)CNc1ncnc2c1CCC2. The number of carbonyl (C=O) groups excluding carboxylic acids is 1. The highest BCUT2D eigenvalue weighted by atomic mass is 16.1. The molecule has 1 aliphatic rings. The van der Waals surface area contributed by atoms with Crippen molar-refractivity contribution in [1.29, 1.82) is 0 Å². The van der Waals surface area contributed by atoms with Crippen LogP contribution >= 0.6 is 0 Å². The highest BCUT2D eigenvalue weighted by molar-refractivity contribution is 5.80. The van der Waals surface area contributed by atoms with Crippen LogP contribution in [0.5, 0.6) is 0 Å². The van der Waals surface area contributed by atoms with E-state index in [9.17, 15) is 4.79 Å². The molecule has 5 heteroatoms. The van der Waals surface area contributed by atoms with Crippen molar-refractivity contribution in [3.8, 4) is 0 Å². The number of rotatable bonds is 4. The first kappa shape index (κ1) is 11.8. The number of aryl methyl sites for hydroxylation is 1. The topological polar surface area (TPSA) is 66.9 Å². The molecular formula is C12H18N4O. The van der Waals surface area contributed by atoms with Gasteiger partial charge in [-0.1, -0.05) is 0 Å². The second-order valence-corrected chi connectivity index (χ2v) is 4.58. The van der Waals surface area contributed by atoms with Crippen molar-refractivity contribution in [2.75, 3.05) is 11.9 Å². The first-order valence-electron chi connectivity index (χ1n) is 6.03. The summed E-state index contributed by atoms with van der Waals surface area (Å²) in [4.78, 5) is 20.0. The van der Waals surface area contributed by atoms with Gasteiger partial charge >= 0.3 is 0 Å². The largest absolute Gasteiger partial charge is 0.361 e. The standard InChI is InChI=1S/C12H18N4O/c1-8(2)16-11(17)6-13-12-9-4-3-5-10(9)14-7-15-12/h7-8H,3-6H2,1-2H3,(H,16,17)(H,13,14,15). The Bertz CT molecular complexity index is 417. The Labute approximate surface area is 101 Å². The molecule has 0 spiro atoms. The van der Waals surface area contributed by atoms with Gasteiger partial charge in [0, 0.05) is 17.3 Å². The summed E-state index contributed by atoms with van der Waals surface area (Å²) in [5, 5.41) is 5.92. The molecule has 0 radical (unpaired) electrons. The maximum atomic E-state index is 11.5. The molecule has 0 bridgehead atoms. The highest BCUT2D eigenvalue weighted by Gasteiger charge is 2.17. The number of fused-ring (bicyclic) bond motifs is 1. The Balaban J connectivity index is 1.96. The molecule has 1 aliphatic carbocycles. The van der Waals surface area contributed by atoms with E-state index < -0.39 is 0 Å². The molecule has 0 aromatic carbocycles. The van der Waals surface area contributed by atoms with Crippen molar-refractivity contribution in [3.05, 3.63) is 17.6 Å². The van der Waals surface area contributed by atoms with Crippen molar-refractivity contribution in [2.45, 2.75) is 39.2 Å². The average molecular weight is 234 g/mol. The van der Waals surface area contributed by atoms with Gasteiger partial charge in [-0.2, -0.15) is 0 Å². The van der Waals surface area contributed by atoms with E-state index >= 15 is 0 Å². The van der Waals surface area contributed by atoms with Gasteiger partial charge in [-0.3, -0.25) is 4.79 Å². The number of aromatic nitrogens is 2. The van der Waals surface area contributed by atoms with Gasteiger partial charge in [0.15, 0.2) is 0 Å². The van der Waals surface area contributed by atoms with Crippen LogP contribution in [-0.4, -0.2) is 28.5 Å². The van der Waals surface area contributed by atoms with E-state index in [1.807, 2.05) is 13.8 Å². The second kappa shape index (κ2) is 5.12. The molecule has 1 aromatic heterocycles. The summed E-state index contributed by atoms with van der Waals surface area (Å²) in [7, 11) is 0. The Morgan fingerprint density at radius 1 is 1.41 bits per heavy atom. The molecule has 2 N–H and O–H groups in total. The molecule has 1 aromatic rings. The van der Waals surface area contributed by atoms with Crippen LogP contribution in [0.1, 0.15) is 31.5 Å². The number of carbonyl (C=O) groups is 1. The van der Waals surface area contributed by atoms with E-state index in [0.717, 1.165) is 30.8 Å². The van der Waals surface area contributed by atoms with Gasteiger partial charge in [0.05, 0.1) is 6.54 Å². The number of anilines is 1. The minimum absolute atomic E-state index is 0.00893. The zero-order valence-electron chi connectivity index (χ0n) is 10.3. The summed E-state index contributed by atoms with van der Waals surface area (Å²) < 4.78 is 0. The van der Waals surface area contributed by atoms with Gasteiger partial charge in [-0.05, 0) is 33.1 Å². The van der Waals surface area contributed by atoms with Crippen molar-refractivity contribution in [2.24, 2.45) is 0 Å². The summed E-state index contributed by atoms with van der Waals surface area (Å²) in [6, 6.07) is 0.167. The first-order valence-corrected chi connectivity index (χ1v) is 6.03. The van der Waals surface area contributed by atoms with E-state index in [1.54, 1.807) is 6.33 Å². The zero-order chi connectivity index (χ0) is 12.3. The fourth-order valence-corrected chi connectivity index (χ4v) is 2.05. The average Bonchev–Trinajstić information content (AvgIpc) is 2.73. The van der Waals surface area contributed by atoms with Gasteiger partial charge in [-0.15, -0.1) is 0 Å². The van der Waals surface area contributed by atoms with E-state index in [2.05, 4.69) is 20.6 Å². The van der Waals surface area contributed by atoms with Gasteiger partial charge in [0.2, 0.25) is 5.91 Å². The zero-order valence-corrected chi connectivity index (χ0v) is 10.3. The third kappa shape index (κ3) is 2.93. The summed E-state index contributed by atoms with van der Waals surface area (Å²) in [6.45, 7) is 4.15. The maximum absolute atomic E-state index is 11.5. The lowest BCUT2D eigenvalue weighted by Crippen LogP contribution is -2.35. The molecule has 0 atom stereocenters. The number of amides is 1. The number of nitrogens with one attached hydrogen (secondary N) is 2. The Hall–Kier alpha value is -1.65. The molecule has 0 unspecified atom stereocenters. The Morgan fingerprint density at radius 2 is 2.24 bits per heavy atom. The molecule has 17 heavy (non-hydrogen) atoms. The predicted molar refractivity (Wildman–Crippen MR) is 65.8 cm³/mol. The molecule has 0 saturated carbocycles. The fraction of sp³-hybridized carbons (Fsp3) is 0.583. The monoisotopic (exact) mass is 234 g/mol. The van der Waals surface area contributed by atoms with E-state index in [-0.39, 0.29) is 18.5 Å². The van der Waals surface area contributed by atoms with Crippen LogP contribution in [0.15, 0.2) is 6.33 Å². The van der Waals surface area contributed by atoms with Crippen LogP contribution in [0.2, 0.25) is 0 Å². The van der Waals surface area contributed by atoms with Crippen molar-refractivity contribution >= 4 is 11.7 Å². The summed E-state index contributed by atoms with van der Waals surface area (Å²) >= 11 is 0. The van der Waals surface area contributed by atoms with E-state index in [4.69, 9.17) is 0 Å². The lowest BCUT2D eigenvalue weighted by molar-refractivity contribution is -0.119. The fourth-order valence-electron chi connectivity index (χ4n) is 2.05. The molecule has 1 heterocycles. The third-order valence-electron chi connectivity index (χ3n) is 2.74. The molecule has 0 saturated heterocycles.